The largest absolute Gasteiger partial charge is 0.388 e. The highest BCUT2D eigenvalue weighted by Gasteiger charge is 2.24. The van der Waals surface area contributed by atoms with Crippen LogP contribution in [0.3, 0.4) is 0 Å². The van der Waals surface area contributed by atoms with E-state index in [0.717, 1.165) is 0 Å². The molecule has 0 spiro atoms. The van der Waals surface area contributed by atoms with Crippen molar-refractivity contribution in [3.8, 4) is 0 Å². The zero-order chi connectivity index (χ0) is 5.28. The van der Waals surface area contributed by atoms with Crippen LogP contribution in [0.4, 0.5) is 4.39 Å². The van der Waals surface area contributed by atoms with Gasteiger partial charge in [-0.2, -0.15) is 0 Å². The van der Waals surface area contributed by atoms with E-state index in [0.29, 0.717) is 0 Å². The molecule has 0 aromatic heterocycles. The highest BCUT2D eigenvalue weighted by Crippen LogP contribution is 2.07. The van der Waals surface area contributed by atoms with Crippen LogP contribution < -0.4 is 0 Å². The quantitative estimate of drug-likeness (QED) is 0.460. The number of aliphatic hydroxyl groups excluding tert-OH is 1. The molecule has 1 fully saturated rings. The molecule has 3 heteroatoms. The fourth-order valence-electron chi connectivity index (χ4n) is 0.517. The van der Waals surface area contributed by atoms with Gasteiger partial charge < -0.3 is 9.84 Å². The second-order valence-corrected chi connectivity index (χ2v) is 1.62. The molecule has 2 nitrogen and oxygen atoms in total. The maximum Gasteiger partial charge on any atom is 0.151 e. The first-order chi connectivity index (χ1) is 3.30. The van der Waals surface area contributed by atoms with E-state index in [1.807, 2.05) is 0 Å². The van der Waals surface area contributed by atoms with Crippen molar-refractivity contribution in [2.45, 2.75) is 12.3 Å². The van der Waals surface area contributed by atoms with Crippen molar-refractivity contribution in [3.63, 3.8) is 0 Å². The first-order valence-electron chi connectivity index (χ1n) is 2.20. The Morgan fingerprint density at radius 3 is 2.43 bits per heavy atom. The van der Waals surface area contributed by atoms with Crippen LogP contribution in [0.25, 0.3) is 0 Å². The summed E-state index contributed by atoms with van der Waals surface area (Å²) in [4.78, 5) is 0. The second-order valence-electron chi connectivity index (χ2n) is 1.62. The van der Waals surface area contributed by atoms with Crippen molar-refractivity contribution >= 4 is 0 Å². The van der Waals surface area contributed by atoms with Crippen molar-refractivity contribution in [1.29, 1.82) is 0 Å². The monoisotopic (exact) mass is 106 g/mol. The first-order valence-corrected chi connectivity index (χ1v) is 2.20. The number of ether oxygens (including phenoxy) is 1. The topological polar surface area (TPSA) is 29.5 Å². The van der Waals surface area contributed by atoms with Crippen LogP contribution in [0.2, 0.25) is 0 Å². The first kappa shape index (κ1) is 5.00. The summed E-state index contributed by atoms with van der Waals surface area (Å²) in [7, 11) is 0. The van der Waals surface area contributed by atoms with Crippen LogP contribution in [0.5, 0.6) is 0 Å². The Bertz CT molecular complexity index is 58.7. The summed E-state index contributed by atoms with van der Waals surface area (Å²) in [5, 5.41) is 8.50. The van der Waals surface area contributed by atoms with Gasteiger partial charge in [0.25, 0.3) is 0 Å². The number of hydrogen-bond donors (Lipinski definition) is 1. The van der Waals surface area contributed by atoms with E-state index < -0.39 is 12.3 Å². The summed E-state index contributed by atoms with van der Waals surface area (Å²) < 4.78 is 16.5. The Labute approximate surface area is 40.9 Å². The minimum atomic E-state index is -1.15. The van der Waals surface area contributed by atoms with Crippen molar-refractivity contribution in [3.05, 3.63) is 0 Å². The Hall–Kier alpha value is -0.150. The van der Waals surface area contributed by atoms with Gasteiger partial charge in [0.2, 0.25) is 0 Å². The molecule has 0 bridgehead atoms. The molecule has 0 aromatic rings. The summed E-state index contributed by atoms with van der Waals surface area (Å²) in [5.74, 6) is 0. The lowest BCUT2D eigenvalue weighted by atomic mass is 10.3. The van der Waals surface area contributed by atoms with E-state index >= 15 is 0 Å². The van der Waals surface area contributed by atoms with E-state index in [-0.39, 0.29) is 13.2 Å². The van der Waals surface area contributed by atoms with Gasteiger partial charge in [0.1, 0.15) is 6.10 Å². The Kier molecular flexibility index (Phi) is 1.25. The molecule has 0 radical (unpaired) electrons. The van der Waals surface area contributed by atoms with Crippen LogP contribution in [0.15, 0.2) is 0 Å². The van der Waals surface area contributed by atoms with E-state index in [2.05, 4.69) is 4.74 Å². The smallest absolute Gasteiger partial charge is 0.151 e. The van der Waals surface area contributed by atoms with E-state index in [4.69, 9.17) is 5.11 Å². The number of rotatable bonds is 0. The highest BCUT2D eigenvalue weighted by atomic mass is 19.1. The molecule has 1 N–H and O–H groups in total. The van der Waals surface area contributed by atoms with Gasteiger partial charge in [-0.05, 0) is 0 Å². The van der Waals surface area contributed by atoms with Crippen molar-refractivity contribution in [2.24, 2.45) is 0 Å². The van der Waals surface area contributed by atoms with Crippen LogP contribution in [0, 0.1) is 0 Å². The number of hydrogen-bond acceptors (Lipinski definition) is 2. The van der Waals surface area contributed by atoms with Crippen LogP contribution in [0.1, 0.15) is 0 Å². The third kappa shape index (κ3) is 0.894. The fraction of sp³-hybridized carbons (Fsp3) is 1.00. The average Bonchev–Trinajstić information content (AvgIpc) is 1.91. The SMILES string of the molecule is O[C@H]1COC[C@H]1F. The normalized spacial score (nSPS) is 42.0. The van der Waals surface area contributed by atoms with Crippen LogP contribution in [-0.4, -0.2) is 30.6 Å². The minimum absolute atomic E-state index is 0.0567. The molecule has 1 heterocycles. The molecule has 0 aromatic carbocycles. The van der Waals surface area contributed by atoms with Crippen molar-refractivity contribution in [2.75, 3.05) is 13.2 Å². The third-order valence-corrected chi connectivity index (χ3v) is 0.983. The summed E-state index contributed by atoms with van der Waals surface area (Å²) in [6.07, 6.45) is -2.03. The molecular formula is C4H7FO2. The molecule has 1 rings (SSSR count). The molecular weight excluding hydrogens is 99.0 g/mol. The number of halogens is 1. The molecule has 0 saturated carbocycles. The van der Waals surface area contributed by atoms with Crippen LogP contribution in [-0.2, 0) is 4.74 Å². The number of alkyl halides is 1. The molecule has 1 aliphatic rings. The third-order valence-electron chi connectivity index (χ3n) is 0.983. The maximum absolute atomic E-state index is 11.9. The lowest BCUT2D eigenvalue weighted by Gasteiger charge is -1.97. The Balaban J connectivity index is 2.33. The highest BCUT2D eigenvalue weighted by molar-refractivity contribution is 4.71. The summed E-state index contributed by atoms with van der Waals surface area (Å²) in [5.41, 5.74) is 0. The summed E-state index contributed by atoms with van der Waals surface area (Å²) >= 11 is 0. The molecule has 7 heavy (non-hydrogen) atoms. The van der Waals surface area contributed by atoms with Crippen molar-refractivity contribution in [1.82, 2.24) is 0 Å². The lowest BCUT2D eigenvalue weighted by Crippen LogP contribution is -2.17. The van der Waals surface area contributed by atoms with Gasteiger partial charge in [-0.3, -0.25) is 0 Å². The number of aliphatic hydroxyl groups is 1. The Morgan fingerprint density at radius 1 is 1.57 bits per heavy atom. The van der Waals surface area contributed by atoms with Gasteiger partial charge in [-0.15, -0.1) is 0 Å². The van der Waals surface area contributed by atoms with Gasteiger partial charge >= 0.3 is 0 Å². The predicted molar refractivity (Wildman–Crippen MR) is 21.7 cm³/mol. The molecule has 0 unspecified atom stereocenters. The van der Waals surface area contributed by atoms with E-state index in [9.17, 15) is 4.39 Å². The van der Waals surface area contributed by atoms with Crippen LogP contribution >= 0.6 is 0 Å². The van der Waals surface area contributed by atoms with Gasteiger partial charge in [0.05, 0.1) is 13.2 Å². The zero-order valence-electron chi connectivity index (χ0n) is 3.80. The minimum Gasteiger partial charge on any atom is -0.388 e. The van der Waals surface area contributed by atoms with E-state index in [1.54, 1.807) is 0 Å². The molecule has 2 atom stereocenters. The van der Waals surface area contributed by atoms with E-state index in [1.165, 1.54) is 0 Å². The average molecular weight is 106 g/mol. The molecule has 0 amide bonds. The lowest BCUT2D eigenvalue weighted by molar-refractivity contribution is 0.107. The standard InChI is InChI=1S/C4H7FO2/c5-3-1-7-2-4(3)6/h3-4,6H,1-2H2/t3-,4+/m1/s1. The summed E-state index contributed by atoms with van der Waals surface area (Å²) in [6.45, 7) is 0.211. The fourth-order valence-corrected chi connectivity index (χ4v) is 0.517. The second kappa shape index (κ2) is 1.76. The predicted octanol–water partition coefficient (Wildman–Crippen LogP) is -0.284. The van der Waals surface area contributed by atoms with Gasteiger partial charge in [0, 0.05) is 0 Å². The molecule has 0 aliphatic carbocycles. The molecule has 1 saturated heterocycles. The van der Waals surface area contributed by atoms with Gasteiger partial charge in [0.15, 0.2) is 6.17 Å². The van der Waals surface area contributed by atoms with Crippen molar-refractivity contribution < 1.29 is 14.2 Å². The zero-order valence-corrected chi connectivity index (χ0v) is 3.80. The maximum atomic E-state index is 11.9. The molecule has 1 aliphatic heterocycles. The van der Waals surface area contributed by atoms with Gasteiger partial charge in [-0.25, -0.2) is 4.39 Å². The molecule has 42 valence electrons. The summed E-state index contributed by atoms with van der Waals surface area (Å²) in [6, 6.07) is 0. The van der Waals surface area contributed by atoms with Gasteiger partial charge in [-0.1, -0.05) is 0 Å². The Morgan fingerprint density at radius 2 is 2.29 bits per heavy atom.